The minimum Gasteiger partial charge on any atom is -0.253 e. The first-order valence-electron chi connectivity index (χ1n) is 8.84. The van der Waals surface area contributed by atoms with Gasteiger partial charge in [0.15, 0.2) is 0 Å². The van der Waals surface area contributed by atoms with Gasteiger partial charge in [-0.2, -0.15) is 0 Å². The molecule has 1 saturated carbocycles. The number of nitrogens with one attached hydrogen (secondary N) is 1. The van der Waals surface area contributed by atoms with Gasteiger partial charge in [0.2, 0.25) is 5.13 Å². The molecular formula is C20H17N3O2S2. The molecule has 1 aromatic heterocycles. The summed E-state index contributed by atoms with van der Waals surface area (Å²) in [6.45, 7) is 0. The van der Waals surface area contributed by atoms with Crippen molar-refractivity contribution in [3.63, 3.8) is 0 Å². The molecule has 7 heteroatoms. The van der Waals surface area contributed by atoms with E-state index < -0.39 is 10.0 Å². The van der Waals surface area contributed by atoms with E-state index in [4.69, 9.17) is 0 Å². The van der Waals surface area contributed by atoms with E-state index in [1.165, 1.54) is 11.3 Å². The van der Waals surface area contributed by atoms with E-state index in [0.717, 1.165) is 39.4 Å². The molecule has 1 heterocycles. The molecule has 0 atom stereocenters. The zero-order chi connectivity index (χ0) is 18.4. The van der Waals surface area contributed by atoms with Gasteiger partial charge in [-0.05, 0) is 46.6 Å². The maximum atomic E-state index is 12.8. The average molecular weight is 396 g/mol. The van der Waals surface area contributed by atoms with Crippen molar-refractivity contribution in [2.24, 2.45) is 0 Å². The minimum absolute atomic E-state index is 0.341. The Balaban J connectivity index is 1.44. The largest absolute Gasteiger partial charge is 0.260 e. The maximum Gasteiger partial charge on any atom is 0.260 e. The molecule has 1 fully saturated rings. The Kier molecular flexibility index (Phi) is 3.87. The highest BCUT2D eigenvalue weighted by atomic mass is 32.2. The van der Waals surface area contributed by atoms with Gasteiger partial charge >= 0.3 is 0 Å². The molecule has 0 spiro atoms. The zero-order valence-electron chi connectivity index (χ0n) is 14.4. The zero-order valence-corrected chi connectivity index (χ0v) is 16.1. The second kappa shape index (κ2) is 6.28. The van der Waals surface area contributed by atoms with Crippen molar-refractivity contribution in [1.82, 2.24) is 10.2 Å². The molecule has 1 N–H and O–H groups in total. The minimum atomic E-state index is -3.65. The van der Waals surface area contributed by atoms with E-state index in [1.807, 2.05) is 30.4 Å². The van der Waals surface area contributed by atoms with Crippen LogP contribution in [0.15, 0.2) is 58.5 Å². The number of sulfonamides is 1. The van der Waals surface area contributed by atoms with Gasteiger partial charge < -0.3 is 0 Å². The summed E-state index contributed by atoms with van der Waals surface area (Å²) in [4.78, 5) is 0.341. The van der Waals surface area contributed by atoms with Crippen molar-refractivity contribution >= 4 is 38.6 Å². The highest BCUT2D eigenvalue weighted by Gasteiger charge is 2.29. The second-order valence-corrected chi connectivity index (χ2v) is 9.63. The molecule has 0 amide bonds. The van der Waals surface area contributed by atoms with Crippen LogP contribution in [0.4, 0.5) is 5.13 Å². The average Bonchev–Trinajstić information content (AvgIpc) is 3.44. The van der Waals surface area contributed by atoms with Gasteiger partial charge in [-0.15, -0.1) is 10.2 Å². The van der Waals surface area contributed by atoms with Crippen LogP contribution in [0.25, 0.3) is 12.2 Å². The van der Waals surface area contributed by atoms with Crippen LogP contribution in [0.5, 0.6) is 0 Å². The Hall–Kier alpha value is -2.51. The monoisotopic (exact) mass is 395 g/mol. The molecule has 136 valence electrons. The molecule has 0 unspecified atom stereocenters. The SMILES string of the molecule is O=S(=O)(Nc1nnc(C2CC2)s1)C1=CC=C2C=c3ccccc3=CC=C2C1. The Morgan fingerprint density at radius 3 is 2.63 bits per heavy atom. The molecule has 2 aromatic rings. The van der Waals surface area contributed by atoms with Crippen LogP contribution < -0.4 is 15.2 Å². The first kappa shape index (κ1) is 16.6. The molecule has 0 bridgehead atoms. The molecule has 1 aromatic carbocycles. The molecule has 3 aliphatic rings. The number of anilines is 1. The Morgan fingerprint density at radius 1 is 1.00 bits per heavy atom. The summed E-state index contributed by atoms with van der Waals surface area (Å²) < 4.78 is 28.2. The van der Waals surface area contributed by atoms with Crippen LogP contribution in [-0.4, -0.2) is 18.6 Å². The standard InChI is InChI=1S/C20H17N3O2S2/c24-27(25,23-20-22-21-19(26-20)14-6-7-14)18-10-9-16-11-15-4-2-1-3-13(15)5-8-17(16)12-18/h1-5,8-11,14H,6-7,12H2,(H,22,23). The number of benzene rings is 1. The fraction of sp³-hybridized carbons (Fsp3) is 0.200. The highest BCUT2D eigenvalue weighted by Crippen LogP contribution is 2.42. The third-order valence-electron chi connectivity index (χ3n) is 4.89. The van der Waals surface area contributed by atoms with Crippen LogP contribution in [-0.2, 0) is 10.0 Å². The van der Waals surface area contributed by atoms with Crippen molar-refractivity contribution in [2.75, 3.05) is 4.72 Å². The Morgan fingerprint density at radius 2 is 1.81 bits per heavy atom. The smallest absolute Gasteiger partial charge is 0.253 e. The van der Waals surface area contributed by atoms with Gasteiger partial charge in [-0.1, -0.05) is 53.8 Å². The van der Waals surface area contributed by atoms with E-state index in [-0.39, 0.29) is 0 Å². The summed E-state index contributed by atoms with van der Waals surface area (Å²) in [7, 11) is -3.65. The normalized spacial score (nSPS) is 18.6. The number of aromatic nitrogens is 2. The molecule has 0 radical (unpaired) electrons. The van der Waals surface area contributed by atoms with E-state index in [2.05, 4.69) is 33.1 Å². The number of hydrogen-bond acceptors (Lipinski definition) is 5. The summed E-state index contributed by atoms with van der Waals surface area (Å²) in [5.41, 5.74) is 2.03. The van der Waals surface area contributed by atoms with Gasteiger partial charge in [0.1, 0.15) is 5.01 Å². The van der Waals surface area contributed by atoms with Crippen molar-refractivity contribution in [2.45, 2.75) is 25.2 Å². The quantitative estimate of drug-likeness (QED) is 0.864. The maximum absolute atomic E-state index is 12.8. The number of fused-ring (bicyclic) bond motifs is 2. The van der Waals surface area contributed by atoms with Gasteiger partial charge in [0.05, 0.1) is 4.91 Å². The van der Waals surface area contributed by atoms with E-state index in [1.54, 1.807) is 6.08 Å². The molecule has 27 heavy (non-hydrogen) atoms. The predicted octanol–water partition coefficient (Wildman–Crippen LogP) is 2.57. The first-order valence-corrected chi connectivity index (χ1v) is 11.1. The van der Waals surface area contributed by atoms with Crippen LogP contribution in [0, 0.1) is 0 Å². The van der Waals surface area contributed by atoms with Crippen molar-refractivity contribution in [1.29, 1.82) is 0 Å². The Bertz CT molecular complexity index is 1250. The number of rotatable bonds is 4. The fourth-order valence-electron chi connectivity index (χ4n) is 3.22. The lowest BCUT2D eigenvalue weighted by Gasteiger charge is -2.16. The molecule has 5 rings (SSSR count). The highest BCUT2D eigenvalue weighted by molar-refractivity contribution is 7.96. The molecule has 5 nitrogen and oxygen atoms in total. The van der Waals surface area contributed by atoms with Crippen LogP contribution >= 0.6 is 11.3 Å². The third kappa shape index (κ3) is 3.28. The van der Waals surface area contributed by atoms with Crippen LogP contribution in [0.1, 0.15) is 30.2 Å². The number of allylic oxidation sites excluding steroid dienone is 6. The van der Waals surface area contributed by atoms with Crippen molar-refractivity contribution in [3.05, 3.63) is 74.0 Å². The van der Waals surface area contributed by atoms with Gasteiger partial charge in [0.25, 0.3) is 10.0 Å². The molecule has 0 saturated heterocycles. The third-order valence-corrected chi connectivity index (χ3v) is 7.45. The second-order valence-electron chi connectivity index (χ2n) is 6.89. The van der Waals surface area contributed by atoms with Gasteiger partial charge in [-0.3, -0.25) is 4.72 Å². The van der Waals surface area contributed by atoms with E-state index in [9.17, 15) is 8.42 Å². The topological polar surface area (TPSA) is 72.0 Å². The predicted molar refractivity (Wildman–Crippen MR) is 108 cm³/mol. The lowest BCUT2D eigenvalue weighted by atomic mass is 9.97. The van der Waals surface area contributed by atoms with Crippen molar-refractivity contribution < 1.29 is 8.42 Å². The van der Waals surface area contributed by atoms with E-state index in [0.29, 0.717) is 22.4 Å². The number of nitrogens with zero attached hydrogens (tertiary/aromatic N) is 2. The Labute approximate surface area is 161 Å². The molecular weight excluding hydrogens is 378 g/mol. The summed E-state index contributed by atoms with van der Waals surface area (Å²) in [6, 6.07) is 8.13. The van der Waals surface area contributed by atoms with E-state index >= 15 is 0 Å². The lowest BCUT2D eigenvalue weighted by Crippen LogP contribution is -2.22. The molecule has 3 aliphatic carbocycles. The van der Waals surface area contributed by atoms with Gasteiger partial charge in [-0.25, -0.2) is 8.42 Å². The summed E-state index contributed by atoms with van der Waals surface area (Å²) in [6.07, 6.45) is 12.3. The summed E-state index contributed by atoms with van der Waals surface area (Å²) in [5.74, 6) is 0.462. The molecule has 0 aliphatic heterocycles. The lowest BCUT2D eigenvalue weighted by molar-refractivity contribution is 0.605. The summed E-state index contributed by atoms with van der Waals surface area (Å²) >= 11 is 1.33. The van der Waals surface area contributed by atoms with Gasteiger partial charge in [0, 0.05) is 12.3 Å². The van der Waals surface area contributed by atoms with Crippen LogP contribution in [0.2, 0.25) is 0 Å². The van der Waals surface area contributed by atoms with Crippen molar-refractivity contribution in [3.8, 4) is 0 Å². The number of hydrogen-bond donors (Lipinski definition) is 1. The van der Waals surface area contributed by atoms with Crippen LogP contribution in [0.3, 0.4) is 0 Å². The fourth-order valence-corrected chi connectivity index (χ4v) is 5.48. The first-order chi connectivity index (χ1) is 13.1. The summed E-state index contributed by atoms with van der Waals surface area (Å²) in [5, 5.41) is 11.6.